The molecule has 0 fully saturated rings. The molecule has 3 aromatic carbocycles. The summed E-state index contributed by atoms with van der Waals surface area (Å²) in [7, 11) is 0. The van der Waals surface area contributed by atoms with Crippen molar-refractivity contribution in [2.45, 2.75) is 6.92 Å². The third kappa shape index (κ3) is 4.27. The Bertz CT molecular complexity index is 1090. The molecule has 0 aliphatic rings. The first-order valence-electron chi connectivity index (χ1n) is 9.00. The van der Waals surface area contributed by atoms with Crippen LogP contribution in [0.1, 0.15) is 27.8 Å². The van der Waals surface area contributed by atoms with Gasteiger partial charge in [-0.05, 0) is 48.4 Å². The van der Waals surface area contributed by atoms with Gasteiger partial charge in [-0.2, -0.15) is 0 Å². The first kappa shape index (κ1) is 21.3. The van der Waals surface area contributed by atoms with Crippen molar-refractivity contribution < 1.29 is 40.9 Å². The van der Waals surface area contributed by atoms with Crippen LogP contribution in [0.5, 0.6) is 46.0 Å². The number of aromatic hydroxyl groups is 8. The highest BCUT2D eigenvalue weighted by Gasteiger charge is 2.14. The Kier molecular flexibility index (Phi) is 5.56. The maximum atomic E-state index is 10.1. The normalized spacial score (nSPS) is 11.5. The molecule has 0 aromatic heterocycles. The number of hydrogen-bond acceptors (Lipinski definition) is 8. The summed E-state index contributed by atoms with van der Waals surface area (Å²) in [5.74, 6) is -3.88. The predicted molar refractivity (Wildman–Crippen MR) is 115 cm³/mol. The van der Waals surface area contributed by atoms with Crippen LogP contribution < -0.4 is 0 Å². The van der Waals surface area contributed by atoms with E-state index in [-0.39, 0.29) is 22.6 Å². The molecule has 31 heavy (non-hydrogen) atoms. The fraction of sp³-hybridized carbons (Fsp3) is 0.0435. The number of phenols is 8. The minimum Gasteiger partial charge on any atom is -0.508 e. The van der Waals surface area contributed by atoms with Gasteiger partial charge in [-0.3, -0.25) is 0 Å². The summed E-state index contributed by atoms with van der Waals surface area (Å²) >= 11 is 0. The number of rotatable bonds is 4. The van der Waals surface area contributed by atoms with E-state index >= 15 is 0 Å². The molecule has 8 heteroatoms. The summed E-state index contributed by atoms with van der Waals surface area (Å²) in [6.45, 7) is 1.55. The zero-order valence-corrected chi connectivity index (χ0v) is 16.3. The van der Waals surface area contributed by atoms with Crippen LogP contribution in [0, 0.1) is 6.92 Å². The predicted octanol–water partition coefficient (Wildman–Crippen LogP) is 3.98. The second-order valence-electron chi connectivity index (χ2n) is 6.86. The molecule has 3 rings (SSSR count). The van der Waals surface area contributed by atoms with Gasteiger partial charge in [-0.1, -0.05) is 24.3 Å². The van der Waals surface area contributed by atoms with Crippen LogP contribution in [0.15, 0.2) is 30.3 Å². The van der Waals surface area contributed by atoms with Crippen molar-refractivity contribution in [1.29, 1.82) is 0 Å². The van der Waals surface area contributed by atoms with Gasteiger partial charge in [0, 0.05) is 16.7 Å². The Hall–Kier alpha value is -4.46. The van der Waals surface area contributed by atoms with Crippen LogP contribution in [0.25, 0.3) is 24.3 Å². The minimum absolute atomic E-state index is 0.108. The van der Waals surface area contributed by atoms with E-state index in [9.17, 15) is 40.9 Å². The molecule has 0 bridgehead atoms. The molecule has 0 radical (unpaired) electrons. The summed E-state index contributed by atoms with van der Waals surface area (Å²) in [5, 5.41) is 78.5. The summed E-state index contributed by atoms with van der Waals surface area (Å²) in [6.07, 6.45) is 5.65. The lowest BCUT2D eigenvalue weighted by atomic mass is 10.0. The lowest BCUT2D eigenvalue weighted by Gasteiger charge is -2.09. The lowest BCUT2D eigenvalue weighted by Crippen LogP contribution is -1.84. The fourth-order valence-corrected chi connectivity index (χ4v) is 2.84. The van der Waals surface area contributed by atoms with Gasteiger partial charge in [0.15, 0.2) is 28.7 Å². The van der Waals surface area contributed by atoms with E-state index in [1.165, 1.54) is 54.6 Å². The molecule has 8 nitrogen and oxygen atoms in total. The van der Waals surface area contributed by atoms with Crippen LogP contribution in [-0.2, 0) is 0 Å². The van der Waals surface area contributed by atoms with E-state index in [2.05, 4.69) is 0 Å². The first-order chi connectivity index (χ1) is 14.6. The zero-order valence-electron chi connectivity index (χ0n) is 16.3. The topological polar surface area (TPSA) is 162 Å². The molecule has 0 heterocycles. The van der Waals surface area contributed by atoms with Crippen LogP contribution in [0.4, 0.5) is 0 Å². The van der Waals surface area contributed by atoms with E-state index in [1.807, 2.05) is 0 Å². The number of hydrogen-bond donors (Lipinski definition) is 8. The third-order valence-electron chi connectivity index (χ3n) is 4.68. The smallest absolute Gasteiger partial charge is 0.201 e. The van der Waals surface area contributed by atoms with E-state index in [1.54, 1.807) is 6.92 Å². The van der Waals surface area contributed by atoms with E-state index < -0.39 is 34.5 Å². The summed E-state index contributed by atoms with van der Waals surface area (Å²) in [4.78, 5) is 0. The molecule has 0 aliphatic carbocycles. The SMILES string of the molecule is Cc1c(O)cc(/C=C/c2cc(/C=C/c3cc(O)c(O)c(O)c3)c(O)c(O)c2O)cc1O. The maximum Gasteiger partial charge on any atom is 0.201 e. The quantitative estimate of drug-likeness (QED) is 0.230. The van der Waals surface area contributed by atoms with Gasteiger partial charge < -0.3 is 40.9 Å². The van der Waals surface area contributed by atoms with Crippen LogP contribution in [0.2, 0.25) is 0 Å². The molecule has 0 spiro atoms. The van der Waals surface area contributed by atoms with Gasteiger partial charge in [0.05, 0.1) is 0 Å². The molecular weight excluding hydrogens is 404 g/mol. The molecule has 0 saturated carbocycles. The van der Waals surface area contributed by atoms with Gasteiger partial charge in [0.25, 0.3) is 0 Å². The third-order valence-corrected chi connectivity index (χ3v) is 4.68. The Labute approximate surface area is 176 Å². The maximum absolute atomic E-state index is 10.1. The molecular formula is C23H20O8. The average molecular weight is 424 g/mol. The van der Waals surface area contributed by atoms with Crippen LogP contribution in [-0.4, -0.2) is 40.9 Å². The highest BCUT2D eigenvalue weighted by molar-refractivity contribution is 5.82. The monoisotopic (exact) mass is 424 g/mol. The zero-order chi connectivity index (χ0) is 22.9. The highest BCUT2D eigenvalue weighted by Crippen LogP contribution is 2.42. The van der Waals surface area contributed by atoms with Gasteiger partial charge >= 0.3 is 0 Å². The summed E-state index contributed by atoms with van der Waals surface area (Å²) in [5.41, 5.74) is 1.28. The molecule has 160 valence electrons. The second kappa shape index (κ2) is 8.11. The van der Waals surface area contributed by atoms with E-state index in [0.29, 0.717) is 16.7 Å². The lowest BCUT2D eigenvalue weighted by molar-refractivity contribution is 0.367. The Morgan fingerprint density at radius 1 is 0.452 bits per heavy atom. The molecule has 0 saturated heterocycles. The van der Waals surface area contributed by atoms with E-state index in [4.69, 9.17) is 0 Å². The molecule has 3 aromatic rings. The number of phenolic OH excluding ortho intramolecular Hbond substituents is 8. The van der Waals surface area contributed by atoms with E-state index in [0.717, 1.165) is 0 Å². The molecule has 8 N–H and O–H groups in total. The summed E-state index contributed by atoms with van der Waals surface area (Å²) < 4.78 is 0. The average Bonchev–Trinajstić information content (AvgIpc) is 2.72. The van der Waals surface area contributed by atoms with Crippen LogP contribution >= 0.6 is 0 Å². The Morgan fingerprint density at radius 2 is 0.839 bits per heavy atom. The Morgan fingerprint density at radius 3 is 1.26 bits per heavy atom. The fourth-order valence-electron chi connectivity index (χ4n) is 2.84. The standard InChI is InChI=1S/C23H20O8/c1-11-16(24)6-12(7-17(11)25)2-4-14-10-15(21(29)23(31)20(14)28)5-3-13-8-18(26)22(30)19(27)9-13/h2-10,24-31H,1H3/b4-2+,5-3+. The molecule has 0 aliphatic heterocycles. The van der Waals surface area contributed by atoms with Gasteiger partial charge in [-0.25, -0.2) is 0 Å². The summed E-state index contributed by atoms with van der Waals surface area (Å²) in [6, 6.07) is 6.55. The van der Waals surface area contributed by atoms with Gasteiger partial charge in [0.1, 0.15) is 11.5 Å². The van der Waals surface area contributed by atoms with Crippen molar-refractivity contribution in [3.63, 3.8) is 0 Å². The highest BCUT2D eigenvalue weighted by atomic mass is 16.3. The molecule has 0 amide bonds. The number of benzene rings is 3. The van der Waals surface area contributed by atoms with Crippen molar-refractivity contribution in [3.05, 3.63) is 58.1 Å². The second-order valence-corrected chi connectivity index (χ2v) is 6.86. The molecule has 0 unspecified atom stereocenters. The van der Waals surface area contributed by atoms with Crippen LogP contribution in [0.3, 0.4) is 0 Å². The first-order valence-corrected chi connectivity index (χ1v) is 9.00. The van der Waals surface area contributed by atoms with Crippen molar-refractivity contribution in [3.8, 4) is 46.0 Å². The largest absolute Gasteiger partial charge is 0.508 e. The molecule has 0 atom stereocenters. The van der Waals surface area contributed by atoms with Crippen molar-refractivity contribution in [2.75, 3.05) is 0 Å². The van der Waals surface area contributed by atoms with Gasteiger partial charge in [0.2, 0.25) is 5.75 Å². The van der Waals surface area contributed by atoms with Crippen molar-refractivity contribution in [2.24, 2.45) is 0 Å². The van der Waals surface area contributed by atoms with Crippen molar-refractivity contribution >= 4 is 24.3 Å². The minimum atomic E-state index is -0.757. The Balaban J connectivity index is 1.99. The van der Waals surface area contributed by atoms with Crippen molar-refractivity contribution in [1.82, 2.24) is 0 Å². The van der Waals surface area contributed by atoms with Gasteiger partial charge in [-0.15, -0.1) is 0 Å².